The highest BCUT2D eigenvalue weighted by Gasteiger charge is 2.39. The number of aromatic nitrogens is 1. The summed E-state index contributed by atoms with van der Waals surface area (Å²) < 4.78 is 36.1. The standard InChI is InChI=1S/C32H39NO7Si/c1-32(2,3)41(9,10)40-27-16-21(12-14-26(27)36-5)24-15-20-11-13-23(35-4)19-25(20)33(24)31(34)22-17-28(37-6)30(39-8)29(18-22)38-7/h11-19H,1-10H3. The van der Waals surface area contributed by atoms with Gasteiger partial charge in [0.25, 0.3) is 14.2 Å². The van der Waals surface area contributed by atoms with Gasteiger partial charge < -0.3 is 28.1 Å². The fourth-order valence-corrected chi connectivity index (χ4v) is 5.43. The van der Waals surface area contributed by atoms with Crippen LogP contribution in [0.4, 0.5) is 0 Å². The minimum Gasteiger partial charge on any atom is -0.541 e. The average molecular weight is 578 g/mol. The Kier molecular flexibility index (Phi) is 8.31. The van der Waals surface area contributed by atoms with E-state index in [2.05, 4.69) is 33.9 Å². The molecule has 0 aliphatic carbocycles. The van der Waals surface area contributed by atoms with Gasteiger partial charge in [-0.3, -0.25) is 9.36 Å². The van der Waals surface area contributed by atoms with Gasteiger partial charge in [-0.05, 0) is 66.7 Å². The van der Waals surface area contributed by atoms with Crippen molar-refractivity contribution in [2.75, 3.05) is 35.5 Å². The van der Waals surface area contributed by atoms with Crippen molar-refractivity contribution in [3.8, 4) is 45.8 Å². The van der Waals surface area contributed by atoms with Crippen LogP contribution >= 0.6 is 0 Å². The van der Waals surface area contributed by atoms with Crippen LogP contribution in [0.1, 0.15) is 31.1 Å². The molecule has 0 atom stereocenters. The van der Waals surface area contributed by atoms with E-state index in [-0.39, 0.29) is 10.9 Å². The Morgan fingerprint density at radius 1 is 0.707 bits per heavy atom. The molecular formula is C32H39NO7Si. The summed E-state index contributed by atoms with van der Waals surface area (Å²) in [5, 5.41) is 0.867. The van der Waals surface area contributed by atoms with Gasteiger partial charge in [-0.2, -0.15) is 0 Å². The molecule has 8 nitrogen and oxygen atoms in total. The van der Waals surface area contributed by atoms with Crippen LogP contribution in [0.5, 0.6) is 34.5 Å². The fraction of sp³-hybridized carbons (Fsp3) is 0.344. The van der Waals surface area contributed by atoms with E-state index in [9.17, 15) is 4.79 Å². The minimum atomic E-state index is -2.19. The van der Waals surface area contributed by atoms with E-state index in [4.69, 9.17) is 28.1 Å². The smallest absolute Gasteiger partial charge is 0.263 e. The largest absolute Gasteiger partial charge is 0.541 e. The van der Waals surface area contributed by atoms with Crippen molar-refractivity contribution in [2.45, 2.75) is 38.9 Å². The Morgan fingerprint density at radius 3 is 1.88 bits per heavy atom. The molecule has 1 heterocycles. The summed E-state index contributed by atoms with van der Waals surface area (Å²) in [4.78, 5) is 14.3. The first kappa shape index (κ1) is 29.9. The van der Waals surface area contributed by atoms with Crippen molar-refractivity contribution in [3.63, 3.8) is 0 Å². The van der Waals surface area contributed by atoms with Gasteiger partial charge in [0.15, 0.2) is 17.2 Å². The van der Waals surface area contributed by atoms with E-state index in [0.717, 1.165) is 10.9 Å². The summed E-state index contributed by atoms with van der Waals surface area (Å²) in [6.07, 6.45) is 0. The van der Waals surface area contributed by atoms with Gasteiger partial charge in [0, 0.05) is 22.6 Å². The van der Waals surface area contributed by atoms with Gasteiger partial charge in [-0.1, -0.05) is 20.8 Å². The molecule has 0 saturated carbocycles. The number of fused-ring (bicyclic) bond motifs is 1. The Labute approximate surface area is 242 Å². The molecule has 9 heteroatoms. The second kappa shape index (κ2) is 11.4. The van der Waals surface area contributed by atoms with E-state index < -0.39 is 8.32 Å². The first-order valence-corrected chi connectivity index (χ1v) is 16.2. The van der Waals surface area contributed by atoms with Crippen LogP contribution in [0, 0.1) is 0 Å². The Hall–Kier alpha value is -4.11. The predicted octanol–water partition coefficient (Wildman–Crippen LogP) is 7.42. The molecule has 218 valence electrons. The third-order valence-electron chi connectivity index (χ3n) is 7.76. The van der Waals surface area contributed by atoms with Crippen LogP contribution in [-0.2, 0) is 0 Å². The molecule has 4 aromatic rings. The quantitative estimate of drug-likeness (QED) is 0.192. The van der Waals surface area contributed by atoms with Gasteiger partial charge in [0.1, 0.15) is 11.5 Å². The maximum atomic E-state index is 14.3. The van der Waals surface area contributed by atoms with Gasteiger partial charge in [0.2, 0.25) is 5.75 Å². The number of carbonyl (C=O) groups is 1. The fourth-order valence-electron chi connectivity index (χ4n) is 4.42. The monoisotopic (exact) mass is 577 g/mol. The molecule has 1 aromatic heterocycles. The average Bonchev–Trinajstić information content (AvgIpc) is 3.33. The molecule has 0 radical (unpaired) electrons. The zero-order valence-corrected chi connectivity index (χ0v) is 26.5. The van der Waals surface area contributed by atoms with Crippen molar-refractivity contribution in [1.82, 2.24) is 4.57 Å². The van der Waals surface area contributed by atoms with Crippen molar-refractivity contribution < 1.29 is 32.9 Å². The minimum absolute atomic E-state index is 0.0120. The van der Waals surface area contributed by atoms with Crippen LogP contribution in [0.3, 0.4) is 0 Å². The Morgan fingerprint density at radius 2 is 1.34 bits per heavy atom. The third kappa shape index (κ3) is 5.59. The molecule has 41 heavy (non-hydrogen) atoms. The van der Waals surface area contributed by atoms with E-state index in [1.807, 2.05) is 42.5 Å². The number of methoxy groups -OCH3 is 5. The lowest BCUT2D eigenvalue weighted by Gasteiger charge is -2.36. The number of ether oxygens (including phenoxy) is 5. The van der Waals surface area contributed by atoms with Crippen LogP contribution in [-0.4, -0.2) is 54.3 Å². The van der Waals surface area contributed by atoms with Crippen LogP contribution in [0.15, 0.2) is 54.6 Å². The molecule has 4 rings (SSSR count). The highest BCUT2D eigenvalue weighted by atomic mass is 28.4. The Bertz CT molecular complexity index is 1560. The lowest BCUT2D eigenvalue weighted by Crippen LogP contribution is -2.43. The SMILES string of the molecule is COc1ccc2cc(-c3ccc(OC)c(O[Si](C)(C)C(C)(C)C)c3)n(C(=O)c3cc(OC)c(OC)c(OC)c3)c2c1. The highest BCUT2D eigenvalue weighted by molar-refractivity contribution is 6.74. The third-order valence-corrected chi connectivity index (χ3v) is 12.1. The lowest BCUT2D eigenvalue weighted by molar-refractivity contribution is 0.0966. The molecule has 0 amide bonds. The van der Waals surface area contributed by atoms with E-state index in [1.54, 1.807) is 30.9 Å². The maximum Gasteiger partial charge on any atom is 0.263 e. The van der Waals surface area contributed by atoms with Gasteiger partial charge in [-0.25, -0.2) is 0 Å². The molecular weight excluding hydrogens is 538 g/mol. The van der Waals surface area contributed by atoms with Gasteiger partial charge in [0.05, 0.1) is 46.8 Å². The summed E-state index contributed by atoms with van der Waals surface area (Å²) >= 11 is 0. The molecule has 3 aromatic carbocycles. The molecule has 0 unspecified atom stereocenters. The molecule has 0 aliphatic rings. The normalized spacial score (nSPS) is 11.8. The molecule has 0 N–H and O–H groups in total. The van der Waals surface area contributed by atoms with E-state index in [0.29, 0.717) is 51.3 Å². The second-order valence-electron chi connectivity index (χ2n) is 11.2. The van der Waals surface area contributed by atoms with Crippen molar-refractivity contribution in [1.29, 1.82) is 0 Å². The summed E-state index contributed by atoms with van der Waals surface area (Å²) in [6.45, 7) is 11.0. The van der Waals surface area contributed by atoms with Crippen molar-refractivity contribution in [2.24, 2.45) is 0 Å². The van der Waals surface area contributed by atoms with Crippen LogP contribution in [0.25, 0.3) is 22.2 Å². The highest BCUT2D eigenvalue weighted by Crippen LogP contribution is 2.43. The van der Waals surface area contributed by atoms with Crippen molar-refractivity contribution in [3.05, 3.63) is 60.2 Å². The number of benzene rings is 3. The van der Waals surface area contributed by atoms with E-state index >= 15 is 0 Å². The number of rotatable bonds is 9. The summed E-state index contributed by atoms with van der Waals surface area (Å²) in [5.74, 6) is 2.84. The van der Waals surface area contributed by atoms with Crippen LogP contribution in [0.2, 0.25) is 18.1 Å². The summed E-state index contributed by atoms with van der Waals surface area (Å²) in [6, 6.07) is 16.7. The maximum absolute atomic E-state index is 14.3. The lowest BCUT2D eigenvalue weighted by atomic mass is 10.1. The number of hydrogen-bond donors (Lipinski definition) is 0. The number of hydrogen-bond acceptors (Lipinski definition) is 7. The number of nitrogens with zero attached hydrogens (tertiary/aromatic N) is 1. The van der Waals surface area contributed by atoms with Gasteiger partial charge in [-0.15, -0.1) is 0 Å². The first-order chi connectivity index (χ1) is 19.4. The second-order valence-corrected chi connectivity index (χ2v) is 16.0. The van der Waals surface area contributed by atoms with E-state index in [1.165, 1.54) is 21.3 Å². The van der Waals surface area contributed by atoms with Gasteiger partial charge >= 0.3 is 0 Å². The van der Waals surface area contributed by atoms with Crippen molar-refractivity contribution >= 4 is 25.1 Å². The molecule has 0 spiro atoms. The zero-order chi connectivity index (χ0) is 30.1. The molecule has 0 saturated heterocycles. The number of carbonyl (C=O) groups excluding carboxylic acids is 1. The van der Waals surface area contributed by atoms with Crippen LogP contribution < -0.4 is 28.1 Å². The Balaban J connectivity index is 1.96. The molecule has 0 bridgehead atoms. The summed E-state index contributed by atoms with van der Waals surface area (Å²) in [7, 11) is 5.61. The molecule has 0 aliphatic heterocycles. The zero-order valence-electron chi connectivity index (χ0n) is 25.5. The summed E-state index contributed by atoms with van der Waals surface area (Å²) in [5.41, 5.74) is 2.55. The predicted molar refractivity (Wildman–Crippen MR) is 164 cm³/mol. The first-order valence-electron chi connectivity index (χ1n) is 13.3. The molecule has 0 fully saturated rings. The topological polar surface area (TPSA) is 77.4 Å².